The molecule has 0 radical (unpaired) electrons. The van der Waals surface area contributed by atoms with Gasteiger partial charge in [0, 0.05) is 18.5 Å². The van der Waals surface area contributed by atoms with Crippen molar-refractivity contribution in [2.75, 3.05) is 0 Å². The molecular formula is C21H18N2O2. The van der Waals surface area contributed by atoms with Crippen molar-refractivity contribution in [3.63, 3.8) is 0 Å². The first-order chi connectivity index (χ1) is 12.3. The van der Waals surface area contributed by atoms with E-state index in [4.69, 9.17) is 9.15 Å². The number of ether oxygens (including phenoxy) is 1. The average molecular weight is 330 g/mol. The number of aromatic nitrogens is 2. The van der Waals surface area contributed by atoms with Crippen LogP contribution in [0.1, 0.15) is 18.1 Å². The quantitative estimate of drug-likeness (QED) is 0.515. The third kappa shape index (κ3) is 3.38. The van der Waals surface area contributed by atoms with Gasteiger partial charge in [-0.1, -0.05) is 31.2 Å². The molecule has 4 nitrogen and oxygen atoms in total. The minimum Gasteiger partial charge on any atom is -0.489 e. The average Bonchev–Trinajstić information content (AvgIpc) is 3.11. The molecule has 0 saturated carbocycles. The Labute approximate surface area is 146 Å². The number of pyridine rings is 1. The van der Waals surface area contributed by atoms with Crippen LogP contribution < -0.4 is 4.74 Å². The molecule has 2 heterocycles. The molecule has 0 spiro atoms. The van der Waals surface area contributed by atoms with Crippen LogP contribution in [-0.4, -0.2) is 9.97 Å². The molecular weight excluding hydrogens is 312 g/mol. The van der Waals surface area contributed by atoms with Gasteiger partial charge < -0.3 is 9.15 Å². The van der Waals surface area contributed by atoms with Gasteiger partial charge in [-0.05, 0) is 41.8 Å². The Hall–Kier alpha value is -3.14. The summed E-state index contributed by atoms with van der Waals surface area (Å²) < 4.78 is 11.7. The summed E-state index contributed by atoms with van der Waals surface area (Å²) in [7, 11) is 0. The van der Waals surface area contributed by atoms with Gasteiger partial charge in [0.2, 0.25) is 5.89 Å². The van der Waals surface area contributed by atoms with E-state index in [0.717, 1.165) is 34.4 Å². The van der Waals surface area contributed by atoms with Gasteiger partial charge in [-0.25, -0.2) is 4.98 Å². The molecule has 4 rings (SSSR count). The van der Waals surface area contributed by atoms with Crippen LogP contribution in [0.5, 0.6) is 5.75 Å². The van der Waals surface area contributed by atoms with Gasteiger partial charge in [0.1, 0.15) is 17.9 Å². The van der Waals surface area contributed by atoms with E-state index in [-0.39, 0.29) is 0 Å². The van der Waals surface area contributed by atoms with Crippen LogP contribution >= 0.6 is 0 Å². The van der Waals surface area contributed by atoms with E-state index < -0.39 is 0 Å². The zero-order chi connectivity index (χ0) is 17.1. The fourth-order valence-electron chi connectivity index (χ4n) is 2.65. The molecule has 0 unspecified atom stereocenters. The Morgan fingerprint density at radius 2 is 1.84 bits per heavy atom. The van der Waals surface area contributed by atoms with Crippen LogP contribution in [0.15, 0.2) is 71.4 Å². The largest absolute Gasteiger partial charge is 0.489 e. The lowest BCUT2D eigenvalue weighted by Crippen LogP contribution is -1.95. The third-order valence-electron chi connectivity index (χ3n) is 4.10. The van der Waals surface area contributed by atoms with E-state index >= 15 is 0 Å². The van der Waals surface area contributed by atoms with Gasteiger partial charge in [-0.2, -0.15) is 0 Å². The Morgan fingerprint density at radius 1 is 1.00 bits per heavy atom. The zero-order valence-corrected chi connectivity index (χ0v) is 14.0. The van der Waals surface area contributed by atoms with Crippen molar-refractivity contribution in [3.8, 4) is 17.2 Å². The third-order valence-corrected chi connectivity index (χ3v) is 4.10. The van der Waals surface area contributed by atoms with Gasteiger partial charge >= 0.3 is 0 Å². The lowest BCUT2D eigenvalue weighted by Gasteiger charge is -2.06. The first-order valence-corrected chi connectivity index (χ1v) is 8.33. The van der Waals surface area contributed by atoms with E-state index in [1.54, 1.807) is 12.4 Å². The predicted molar refractivity (Wildman–Crippen MR) is 97.4 cm³/mol. The molecule has 0 N–H and O–H groups in total. The van der Waals surface area contributed by atoms with Gasteiger partial charge in [0.25, 0.3) is 0 Å². The number of nitrogens with zero attached hydrogens (tertiary/aromatic N) is 2. The normalized spacial score (nSPS) is 10.9. The molecule has 2 aromatic carbocycles. The summed E-state index contributed by atoms with van der Waals surface area (Å²) in [5, 5.41) is 0. The van der Waals surface area contributed by atoms with E-state index in [1.165, 1.54) is 5.56 Å². The van der Waals surface area contributed by atoms with Crippen molar-refractivity contribution in [1.82, 2.24) is 9.97 Å². The molecule has 25 heavy (non-hydrogen) atoms. The molecule has 0 aliphatic heterocycles. The predicted octanol–water partition coefficient (Wildman–Crippen LogP) is 5.03. The molecule has 124 valence electrons. The standard InChI is InChI=1S/C21H18N2O2/c1-2-15-5-7-16(8-6-15)14-24-18-9-10-20-19(12-18)23-21(25-20)17-4-3-11-22-13-17/h3-13H,2,14H2,1H3. The summed E-state index contributed by atoms with van der Waals surface area (Å²) in [4.78, 5) is 8.63. The van der Waals surface area contributed by atoms with Gasteiger partial charge in [0.05, 0.1) is 5.56 Å². The Bertz CT molecular complexity index is 976. The molecule has 0 amide bonds. The molecule has 0 fully saturated rings. The molecule has 2 aromatic heterocycles. The van der Waals surface area contributed by atoms with Crippen molar-refractivity contribution in [2.45, 2.75) is 20.0 Å². The lowest BCUT2D eigenvalue weighted by atomic mass is 10.1. The topological polar surface area (TPSA) is 48.2 Å². The van der Waals surface area contributed by atoms with Crippen LogP contribution in [0.2, 0.25) is 0 Å². The van der Waals surface area contributed by atoms with E-state index in [2.05, 4.69) is 41.2 Å². The van der Waals surface area contributed by atoms with E-state index in [0.29, 0.717) is 12.5 Å². The van der Waals surface area contributed by atoms with Crippen LogP contribution in [0.25, 0.3) is 22.6 Å². The lowest BCUT2D eigenvalue weighted by molar-refractivity contribution is 0.306. The highest BCUT2D eigenvalue weighted by molar-refractivity contribution is 5.77. The second-order valence-corrected chi connectivity index (χ2v) is 5.85. The van der Waals surface area contributed by atoms with Gasteiger partial charge in [0.15, 0.2) is 5.58 Å². The molecule has 4 aromatic rings. The van der Waals surface area contributed by atoms with Crippen molar-refractivity contribution in [3.05, 3.63) is 78.1 Å². The second kappa shape index (κ2) is 6.77. The smallest absolute Gasteiger partial charge is 0.228 e. The van der Waals surface area contributed by atoms with E-state index in [1.807, 2.05) is 30.3 Å². The van der Waals surface area contributed by atoms with Crippen molar-refractivity contribution in [2.24, 2.45) is 0 Å². The van der Waals surface area contributed by atoms with Gasteiger partial charge in [-0.3, -0.25) is 4.98 Å². The highest BCUT2D eigenvalue weighted by atomic mass is 16.5. The Kier molecular flexibility index (Phi) is 4.17. The monoisotopic (exact) mass is 330 g/mol. The second-order valence-electron chi connectivity index (χ2n) is 5.85. The van der Waals surface area contributed by atoms with Crippen LogP contribution in [0, 0.1) is 0 Å². The summed E-state index contributed by atoms with van der Waals surface area (Å²) in [6.07, 6.45) is 4.51. The first kappa shape index (κ1) is 15.4. The number of hydrogen-bond donors (Lipinski definition) is 0. The molecule has 0 aliphatic carbocycles. The van der Waals surface area contributed by atoms with Crippen LogP contribution in [-0.2, 0) is 13.0 Å². The highest BCUT2D eigenvalue weighted by Crippen LogP contribution is 2.26. The first-order valence-electron chi connectivity index (χ1n) is 8.33. The zero-order valence-electron chi connectivity index (χ0n) is 14.0. The van der Waals surface area contributed by atoms with E-state index in [9.17, 15) is 0 Å². The SMILES string of the molecule is CCc1ccc(COc2ccc3oc(-c4cccnc4)nc3c2)cc1. The molecule has 0 atom stereocenters. The molecule has 0 saturated heterocycles. The maximum atomic E-state index is 5.89. The maximum absolute atomic E-state index is 5.89. The summed E-state index contributed by atoms with van der Waals surface area (Å²) in [6, 6.07) is 18.0. The number of fused-ring (bicyclic) bond motifs is 1. The van der Waals surface area contributed by atoms with Gasteiger partial charge in [-0.15, -0.1) is 0 Å². The summed E-state index contributed by atoms with van der Waals surface area (Å²) in [5.41, 5.74) is 4.84. The molecule has 0 bridgehead atoms. The maximum Gasteiger partial charge on any atom is 0.228 e. The summed E-state index contributed by atoms with van der Waals surface area (Å²) >= 11 is 0. The number of aryl methyl sites for hydroxylation is 1. The summed E-state index contributed by atoms with van der Waals surface area (Å²) in [6.45, 7) is 2.68. The number of rotatable bonds is 5. The van der Waals surface area contributed by atoms with Crippen molar-refractivity contribution < 1.29 is 9.15 Å². The number of hydrogen-bond acceptors (Lipinski definition) is 4. The van der Waals surface area contributed by atoms with Crippen LogP contribution in [0.4, 0.5) is 0 Å². The molecule has 4 heteroatoms. The minimum atomic E-state index is 0.531. The fourth-order valence-corrected chi connectivity index (χ4v) is 2.65. The van der Waals surface area contributed by atoms with Crippen LogP contribution in [0.3, 0.4) is 0 Å². The fraction of sp³-hybridized carbons (Fsp3) is 0.143. The highest BCUT2D eigenvalue weighted by Gasteiger charge is 2.09. The van der Waals surface area contributed by atoms with Crippen molar-refractivity contribution >= 4 is 11.1 Å². The number of oxazole rings is 1. The Morgan fingerprint density at radius 3 is 2.60 bits per heavy atom. The minimum absolute atomic E-state index is 0.531. The summed E-state index contributed by atoms with van der Waals surface area (Å²) in [5.74, 6) is 1.34. The molecule has 0 aliphatic rings. The number of benzene rings is 2. The Balaban J connectivity index is 1.52. The van der Waals surface area contributed by atoms with Crippen molar-refractivity contribution in [1.29, 1.82) is 0 Å².